The largest absolute Gasteiger partial charge is 0.469 e. The molecule has 1 saturated heterocycles. The van der Waals surface area contributed by atoms with E-state index < -0.39 is 21.9 Å². The van der Waals surface area contributed by atoms with Gasteiger partial charge in [-0.3, -0.25) is 4.79 Å². The smallest absolute Gasteiger partial charge is 0.309 e. The van der Waals surface area contributed by atoms with Gasteiger partial charge in [0.15, 0.2) is 0 Å². The van der Waals surface area contributed by atoms with Crippen LogP contribution >= 0.6 is 23.2 Å². The molecular formula is C13H15Cl2NO4S. The van der Waals surface area contributed by atoms with Crippen molar-refractivity contribution in [3.63, 3.8) is 0 Å². The zero-order chi connectivity index (χ0) is 15.6. The van der Waals surface area contributed by atoms with Gasteiger partial charge < -0.3 is 4.74 Å². The molecule has 21 heavy (non-hydrogen) atoms. The summed E-state index contributed by atoms with van der Waals surface area (Å²) < 4.78 is 31.2. The Morgan fingerprint density at radius 3 is 2.76 bits per heavy atom. The molecular weight excluding hydrogens is 337 g/mol. The Labute approximate surface area is 133 Å². The van der Waals surface area contributed by atoms with Crippen LogP contribution < -0.4 is 0 Å². The van der Waals surface area contributed by atoms with Gasteiger partial charge in [0.1, 0.15) is 4.90 Å². The number of sulfonamides is 1. The third kappa shape index (κ3) is 3.34. The van der Waals surface area contributed by atoms with E-state index in [4.69, 9.17) is 27.9 Å². The van der Waals surface area contributed by atoms with E-state index in [-0.39, 0.29) is 21.5 Å². The van der Waals surface area contributed by atoms with E-state index in [1.54, 1.807) is 0 Å². The summed E-state index contributed by atoms with van der Waals surface area (Å²) in [5.41, 5.74) is 0. The van der Waals surface area contributed by atoms with Crippen molar-refractivity contribution in [2.75, 3.05) is 20.2 Å². The number of carbonyl (C=O) groups is 1. The highest BCUT2D eigenvalue weighted by Gasteiger charge is 2.35. The first-order chi connectivity index (χ1) is 9.87. The molecule has 0 saturated carbocycles. The number of halogens is 2. The Morgan fingerprint density at radius 2 is 2.10 bits per heavy atom. The van der Waals surface area contributed by atoms with Crippen LogP contribution in [0.3, 0.4) is 0 Å². The summed E-state index contributed by atoms with van der Waals surface area (Å²) in [4.78, 5) is 11.6. The highest BCUT2D eigenvalue weighted by atomic mass is 35.5. The summed E-state index contributed by atoms with van der Waals surface area (Å²) in [6, 6.07) is 4.46. The maximum Gasteiger partial charge on any atom is 0.309 e. The van der Waals surface area contributed by atoms with Gasteiger partial charge in [0.25, 0.3) is 0 Å². The van der Waals surface area contributed by atoms with Gasteiger partial charge in [0.2, 0.25) is 10.0 Å². The number of ether oxygens (including phenoxy) is 1. The van der Waals surface area contributed by atoms with Crippen LogP contribution in [0.4, 0.5) is 0 Å². The van der Waals surface area contributed by atoms with Crippen LogP contribution in [-0.4, -0.2) is 38.9 Å². The number of carbonyl (C=O) groups excluding carboxylic acids is 1. The van der Waals surface area contributed by atoms with E-state index in [1.165, 1.54) is 29.6 Å². The average Bonchev–Trinajstić information content (AvgIpc) is 2.49. The number of benzene rings is 1. The lowest BCUT2D eigenvalue weighted by molar-refractivity contribution is -0.146. The highest BCUT2D eigenvalue weighted by molar-refractivity contribution is 7.89. The Balaban J connectivity index is 2.31. The van der Waals surface area contributed by atoms with Gasteiger partial charge in [-0.15, -0.1) is 0 Å². The van der Waals surface area contributed by atoms with Gasteiger partial charge in [-0.25, -0.2) is 8.42 Å². The van der Waals surface area contributed by atoms with Crippen molar-refractivity contribution >= 4 is 39.2 Å². The van der Waals surface area contributed by atoms with Crippen molar-refractivity contribution in [3.8, 4) is 0 Å². The van der Waals surface area contributed by atoms with E-state index in [0.717, 1.165) is 0 Å². The first kappa shape index (κ1) is 16.5. The number of methoxy groups -OCH3 is 1. The minimum atomic E-state index is -3.78. The summed E-state index contributed by atoms with van der Waals surface area (Å²) in [5.74, 6) is -0.844. The lowest BCUT2D eigenvalue weighted by atomic mass is 10.0. The van der Waals surface area contributed by atoms with Crippen molar-refractivity contribution in [2.24, 2.45) is 5.92 Å². The predicted octanol–water partition coefficient (Wildman–Crippen LogP) is 2.57. The molecule has 1 aromatic carbocycles. The third-order valence-electron chi connectivity index (χ3n) is 3.45. The second-order valence-electron chi connectivity index (χ2n) is 4.78. The Hall–Kier alpha value is -0.820. The fourth-order valence-electron chi connectivity index (χ4n) is 2.34. The summed E-state index contributed by atoms with van der Waals surface area (Å²) in [6.45, 7) is 0.441. The molecule has 8 heteroatoms. The normalized spacial score (nSPS) is 20.2. The van der Waals surface area contributed by atoms with Crippen molar-refractivity contribution < 1.29 is 17.9 Å². The highest BCUT2D eigenvalue weighted by Crippen LogP contribution is 2.32. The molecule has 1 fully saturated rings. The molecule has 1 aliphatic heterocycles. The molecule has 0 N–H and O–H groups in total. The molecule has 0 bridgehead atoms. The summed E-state index contributed by atoms with van der Waals surface area (Å²) in [6.07, 6.45) is 1.21. The Kier molecular flexibility index (Phi) is 5.14. The quantitative estimate of drug-likeness (QED) is 0.785. The van der Waals surface area contributed by atoms with Crippen molar-refractivity contribution in [1.82, 2.24) is 4.31 Å². The number of hydrogen-bond donors (Lipinski definition) is 0. The SMILES string of the molecule is COC(=O)[C@H]1CCCN(S(=O)(=O)c2cccc(Cl)c2Cl)C1. The summed E-state index contributed by atoms with van der Waals surface area (Å²) >= 11 is 11.9. The standard InChI is InChI=1S/C13H15Cl2NO4S/c1-20-13(17)9-4-3-7-16(8-9)21(18,19)11-6-2-5-10(14)12(11)15/h2,5-6,9H,3-4,7-8H2,1H3/t9-/m0/s1. The van der Waals surface area contributed by atoms with Gasteiger partial charge in [-0.2, -0.15) is 4.31 Å². The lowest BCUT2D eigenvalue weighted by Gasteiger charge is -2.30. The van der Waals surface area contributed by atoms with Gasteiger partial charge in [0, 0.05) is 13.1 Å². The van der Waals surface area contributed by atoms with Crippen LogP contribution in [0.1, 0.15) is 12.8 Å². The second-order valence-corrected chi connectivity index (χ2v) is 7.47. The van der Waals surface area contributed by atoms with E-state index in [0.29, 0.717) is 19.4 Å². The minimum Gasteiger partial charge on any atom is -0.469 e. The fraction of sp³-hybridized carbons (Fsp3) is 0.462. The average molecular weight is 352 g/mol. The Morgan fingerprint density at radius 1 is 1.38 bits per heavy atom. The van der Waals surface area contributed by atoms with Crippen molar-refractivity contribution in [3.05, 3.63) is 28.2 Å². The van der Waals surface area contributed by atoms with Gasteiger partial charge in [-0.05, 0) is 25.0 Å². The topological polar surface area (TPSA) is 63.7 Å². The molecule has 0 aliphatic carbocycles. The summed E-state index contributed by atoms with van der Waals surface area (Å²) in [5, 5.41) is 0.179. The maximum absolute atomic E-state index is 12.6. The molecule has 0 spiro atoms. The van der Waals surface area contributed by atoms with Gasteiger partial charge in [-0.1, -0.05) is 29.3 Å². The zero-order valence-electron chi connectivity index (χ0n) is 11.4. The van der Waals surface area contributed by atoms with E-state index in [1.807, 2.05) is 0 Å². The molecule has 1 heterocycles. The van der Waals surface area contributed by atoms with Crippen LogP contribution in [0.5, 0.6) is 0 Å². The molecule has 1 atom stereocenters. The maximum atomic E-state index is 12.6. The van der Waals surface area contributed by atoms with Crippen LogP contribution in [0, 0.1) is 5.92 Å². The number of piperidine rings is 1. The molecule has 1 aliphatic rings. The fourth-order valence-corrected chi connectivity index (χ4v) is 4.60. The molecule has 2 rings (SSSR count). The summed E-state index contributed by atoms with van der Waals surface area (Å²) in [7, 11) is -2.49. The first-order valence-corrected chi connectivity index (χ1v) is 8.59. The van der Waals surface area contributed by atoms with Crippen LogP contribution in [0.15, 0.2) is 23.1 Å². The zero-order valence-corrected chi connectivity index (χ0v) is 13.7. The molecule has 0 amide bonds. The molecule has 116 valence electrons. The Bertz CT molecular complexity index is 648. The molecule has 0 aromatic heterocycles. The van der Waals surface area contributed by atoms with Crippen LogP contribution in [-0.2, 0) is 19.6 Å². The third-order valence-corrected chi connectivity index (χ3v) is 6.29. The number of nitrogens with zero attached hydrogens (tertiary/aromatic N) is 1. The molecule has 0 radical (unpaired) electrons. The first-order valence-electron chi connectivity index (χ1n) is 6.40. The monoisotopic (exact) mass is 351 g/mol. The van der Waals surface area contributed by atoms with Crippen LogP contribution in [0.25, 0.3) is 0 Å². The lowest BCUT2D eigenvalue weighted by Crippen LogP contribution is -2.42. The minimum absolute atomic E-state index is 0.000594. The predicted molar refractivity (Wildman–Crippen MR) is 80.0 cm³/mol. The molecule has 5 nitrogen and oxygen atoms in total. The number of esters is 1. The van der Waals surface area contributed by atoms with Gasteiger partial charge in [0.05, 0.1) is 23.1 Å². The van der Waals surface area contributed by atoms with Gasteiger partial charge >= 0.3 is 5.97 Å². The van der Waals surface area contributed by atoms with E-state index >= 15 is 0 Å². The number of rotatable bonds is 3. The second kappa shape index (κ2) is 6.52. The van der Waals surface area contributed by atoms with E-state index in [9.17, 15) is 13.2 Å². The van der Waals surface area contributed by atoms with Crippen LogP contribution in [0.2, 0.25) is 10.0 Å². The molecule has 1 aromatic rings. The van der Waals surface area contributed by atoms with E-state index in [2.05, 4.69) is 0 Å². The molecule has 0 unspecified atom stereocenters. The number of hydrogen-bond acceptors (Lipinski definition) is 4. The van der Waals surface area contributed by atoms with Crippen molar-refractivity contribution in [2.45, 2.75) is 17.7 Å². The van der Waals surface area contributed by atoms with Crippen molar-refractivity contribution in [1.29, 1.82) is 0 Å².